The van der Waals surface area contributed by atoms with Crippen LogP contribution < -0.4 is 11.1 Å². The van der Waals surface area contributed by atoms with Crippen LogP contribution in [0, 0.1) is 5.82 Å². The molecule has 0 spiro atoms. The zero-order valence-electron chi connectivity index (χ0n) is 14.7. The fraction of sp³-hybridized carbons (Fsp3) is 0.0952. The number of anilines is 1. The number of pyridine rings is 1. The van der Waals surface area contributed by atoms with Gasteiger partial charge in [0.25, 0.3) is 0 Å². The van der Waals surface area contributed by atoms with Crippen molar-refractivity contribution in [3.05, 3.63) is 94.5 Å². The van der Waals surface area contributed by atoms with Gasteiger partial charge >= 0.3 is 5.76 Å². The van der Waals surface area contributed by atoms with Gasteiger partial charge in [-0.05, 0) is 53.9 Å². The Labute approximate surface area is 159 Å². The van der Waals surface area contributed by atoms with Crippen molar-refractivity contribution in [3.63, 3.8) is 0 Å². The largest absolute Gasteiger partial charge is 0.417 e. The number of amides is 1. The fourth-order valence-corrected chi connectivity index (χ4v) is 3.07. The maximum Gasteiger partial charge on any atom is 0.417 e. The lowest BCUT2D eigenvalue weighted by Gasteiger charge is -2.17. The van der Waals surface area contributed by atoms with Crippen molar-refractivity contribution in [1.82, 2.24) is 9.97 Å². The van der Waals surface area contributed by atoms with Gasteiger partial charge in [-0.3, -0.25) is 14.8 Å². The number of nitrogens with one attached hydrogen (secondary N) is 2. The molecule has 0 radical (unpaired) electrons. The second kappa shape index (κ2) is 7.48. The molecule has 7 heteroatoms. The highest BCUT2D eigenvalue weighted by Crippen LogP contribution is 2.24. The highest BCUT2D eigenvalue weighted by molar-refractivity contribution is 5.97. The third-order valence-electron chi connectivity index (χ3n) is 4.44. The molecule has 0 aliphatic heterocycles. The Morgan fingerprint density at radius 1 is 1.18 bits per heavy atom. The molecule has 0 fully saturated rings. The molecule has 0 aliphatic rings. The topological polar surface area (TPSA) is 88.0 Å². The van der Waals surface area contributed by atoms with Crippen molar-refractivity contribution >= 4 is 22.7 Å². The summed E-state index contributed by atoms with van der Waals surface area (Å²) in [4.78, 5) is 31.0. The van der Waals surface area contributed by atoms with E-state index in [-0.39, 0.29) is 11.7 Å². The highest BCUT2D eigenvalue weighted by atomic mass is 19.1. The van der Waals surface area contributed by atoms with E-state index in [9.17, 15) is 14.0 Å². The molecule has 140 valence electrons. The molecular formula is C21H16FN3O3. The standard InChI is InChI=1S/C21H16FN3O3/c22-15-5-3-14(4-6-15)17(10-13-2-1-9-23-12-13)20(26)24-16-7-8-19-18(11-16)25-21(27)28-19/h1-9,11-12,17H,10H2,(H,24,26)(H,25,27). The third-order valence-corrected chi connectivity index (χ3v) is 4.44. The number of oxazole rings is 1. The maximum absolute atomic E-state index is 13.3. The lowest BCUT2D eigenvalue weighted by molar-refractivity contribution is -0.117. The monoisotopic (exact) mass is 377 g/mol. The Bertz CT molecular complexity index is 1170. The zero-order valence-corrected chi connectivity index (χ0v) is 14.7. The minimum absolute atomic E-state index is 0.249. The van der Waals surface area contributed by atoms with Crippen LogP contribution in [0.25, 0.3) is 11.1 Å². The molecule has 4 aromatic rings. The van der Waals surface area contributed by atoms with Crippen LogP contribution in [0.2, 0.25) is 0 Å². The number of hydrogen-bond donors (Lipinski definition) is 2. The lowest BCUT2D eigenvalue weighted by Crippen LogP contribution is -2.23. The van der Waals surface area contributed by atoms with Gasteiger partial charge in [-0.15, -0.1) is 0 Å². The molecule has 0 saturated carbocycles. The summed E-state index contributed by atoms with van der Waals surface area (Å²) in [5.41, 5.74) is 3.01. The van der Waals surface area contributed by atoms with Crippen LogP contribution in [0.3, 0.4) is 0 Å². The van der Waals surface area contributed by atoms with Crippen molar-refractivity contribution in [1.29, 1.82) is 0 Å². The predicted molar refractivity (Wildman–Crippen MR) is 103 cm³/mol. The normalized spacial score (nSPS) is 12.0. The number of H-pyrrole nitrogens is 1. The van der Waals surface area contributed by atoms with Gasteiger partial charge in [-0.2, -0.15) is 0 Å². The first-order valence-corrected chi connectivity index (χ1v) is 8.66. The molecule has 0 saturated heterocycles. The number of benzene rings is 2. The number of aromatic amines is 1. The number of hydrogen-bond acceptors (Lipinski definition) is 4. The second-order valence-electron chi connectivity index (χ2n) is 6.38. The van der Waals surface area contributed by atoms with E-state index in [4.69, 9.17) is 4.42 Å². The minimum Gasteiger partial charge on any atom is -0.408 e. The molecule has 2 heterocycles. The molecule has 28 heavy (non-hydrogen) atoms. The van der Waals surface area contributed by atoms with Crippen molar-refractivity contribution in [2.45, 2.75) is 12.3 Å². The molecule has 0 bridgehead atoms. The van der Waals surface area contributed by atoms with E-state index in [1.54, 1.807) is 48.8 Å². The Hall–Kier alpha value is -3.74. The van der Waals surface area contributed by atoms with Crippen LogP contribution in [-0.4, -0.2) is 15.9 Å². The van der Waals surface area contributed by atoms with Crippen LogP contribution >= 0.6 is 0 Å². The first kappa shape index (κ1) is 17.7. The number of fused-ring (bicyclic) bond motifs is 1. The van der Waals surface area contributed by atoms with Crippen molar-refractivity contribution in [2.75, 3.05) is 5.32 Å². The summed E-state index contributed by atoms with van der Waals surface area (Å²) in [5, 5.41) is 2.86. The van der Waals surface area contributed by atoms with Gasteiger partial charge < -0.3 is 9.73 Å². The van der Waals surface area contributed by atoms with Gasteiger partial charge in [0.2, 0.25) is 5.91 Å². The molecule has 1 atom stereocenters. The van der Waals surface area contributed by atoms with Gasteiger partial charge in [0.05, 0.1) is 11.4 Å². The summed E-state index contributed by atoms with van der Waals surface area (Å²) in [6.45, 7) is 0. The van der Waals surface area contributed by atoms with Crippen LogP contribution in [0.5, 0.6) is 0 Å². The molecule has 1 unspecified atom stereocenters. The van der Waals surface area contributed by atoms with E-state index in [1.807, 2.05) is 6.07 Å². The van der Waals surface area contributed by atoms with E-state index in [0.29, 0.717) is 28.8 Å². The van der Waals surface area contributed by atoms with Crippen LogP contribution in [-0.2, 0) is 11.2 Å². The van der Waals surface area contributed by atoms with Crippen molar-refractivity contribution in [2.24, 2.45) is 0 Å². The summed E-state index contributed by atoms with van der Waals surface area (Å²) >= 11 is 0. The van der Waals surface area contributed by atoms with E-state index in [1.165, 1.54) is 12.1 Å². The van der Waals surface area contributed by atoms with Crippen LogP contribution in [0.15, 0.2) is 76.2 Å². The molecule has 0 aliphatic carbocycles. The Kier molecular flexibility index (Phi) is 4.72. The van der Waals surface area contributed by atoms with Gasteiger partial charge in [-0.1, -0.05) is 18.2 Å². The number of carbonyl (C=O) groups excluding carboxylic acids is 1. The number of halogens is 1. The molecule has 1 amide bonds. The van der Waals surface area contributed by atoms with Crippen molar-refractivity contribution in [3.8, 4) is 0 Å². The Balaban J connectivity index is 1.62. The van der Waals surface area contributed by atoms with E-state index in [2.05, 4.69) is 15.3 Å². The van der Waals surface area contributed by atoms with Crippen LogP contribution in [0.4, 0.5) is 10.1 Å². The molecule has 4 rings (SSSR count). The number of aromatic nitrogens is 2. The summed E-state index contributed by atoms with van der Waals surface area (Å²) in [6, 6.07) is 14.5. The minimum atomic E-state index is -0.556. The number of rotatable bonds is 5. The molecular weight excluding hydrogens is 361 g/mol. The zero-order chi connectivity index (χ0) is 19.5. The Morgan fingerprint density at radius 3 is 2.75 bits per heavy atom. The summed E-state index contributed by atoms with van der Waals surface area (Å²) in [6.07, 6.45) is 3.78. The third kappa shape index (κ3) is 3.83. The van der Waals surface area contributed by atoms with Gasteiger partial charge in [0, 0.05) is 18.1 Å². The van der Waals surface area contributed by atoms with Gasteiger partial charge in [0.15, 0.2) is 5.58 Å². The smallest absolute Gasteiger partial charge is 0.408 e. The quantitative estimate of drug-likeness (QED) is 0.556. The summed E-state index contributed by atoms with van der Waals surface area (Å²) in [5.74, 6) is -1.71. The lowest BCUT2D eigenvalue weighted by atomic mass is 9.91. The molecule has 2 aromatic carbocycles. The number of nitrogens with zero attached hydrogens (tertiary/aromatic N) is 1. The molecule has 6 nitrogen and oxygen atoms in total. The highest BCUT2D eigenvalue weighted by Gasteiger charge is 2.22. The molecule has 2 N–H and O–H groups in total. The van der Waals surface area contributed by atoms with Gasteiger partial charge in [-0.25, -0.2) is 9.18 Å². The van der Waals surface area contributed by atoms with Crippen LogP contribution in [0.1, 0.15) is 17.0 Å². The average molecular weight is 377 g/mol. The first-order valence-electron chi connectivity index (χ1n) is 8.66. The van der Waals surface area contributed by atoms with E-state index < -0.39 is 11.7 Å². The average Bonchev–Trinajstić information content (AvgIpc) is 3.07. The summed E-state index contributed by atoms with van der Waals surface area (Å²) in [7, 11) is 0. The SMILES string of the molecule is O=C(Nc1ccc2oc(=O)[nH]c2c1)C(Cc1cccnc1)c1ccc(F)cc1. The maximum atomic E-state index is 13.3. The first-order chi connectivity index (χ1) is 13.6. The van der Waals surface area contributed by atoms with E-state index >= 15 is 0 Å². The predicted octanol–water partition coefficient (Wildman–Crippen LogP) is 3.62. The number of carbonyl (C=O) groups is 1. The van der Waals surface area contributed by atoms with Crippen molar-refractivity contribution < 1.29 is 13.6 Å². The van der Waals surface area contributed by atoms with E-state index in [0.717, 1.165) is 5.56 Å². The van der Waals surface area contributed by atoms with Gasteiger partial charge in [0.1, 0.15) is 5.82 Å². The fourth-order valence-electron chi connectivity index (χ4n) is 3.07. The molecule has 2 aromatic heterocycles. The summed E-state index contributed by atoms with van der Waals surface area (Å²) < 4.78 is 18.3. The second-order valence-corrected chi connectivity index (χ2v) is 6.38. The Morgan fingerprint density at radius 2 is 2.00 bits per heavy atom.